The number of pyridine rings is 1. The van der Waals surface area contributed by atoms with Crippen molar-refractivity contribution in [2.24, 2.45) is 5.92 Å². The lowest BCUT2D eigenvalue weighted by atomic mass is 10.2. The second-order valence-electron chi connectivity index (χ2n) is 6.95. The van der Waals surface area contributed by atoms with Gasteiger partial charge in [-0.1, -0.05) is 0 Å². The lowest BCUT2D eigenvalue weighted by Gasteiger charge is -2.18. The molecule has 2 aromatic rings. The Labute approximate surface area is 141 Å². The van der Waals surface area contributed by atoms with E-state index in [0.29, 0.717) is 17.5 Å². The van der Waals surface area contributed by atoms with Gasteiger partial charge >= 0.3 is 5.97 Å². The van der Waals surface area contributed by atoms with E-state index in [2.05, 4.69) is 17.0 Å². The van der Waals surface area contributed by atoms with Crippen LogP contribution in [0.3, 0.4) is 0 Å². The topological polar surface area (TPSA) is 66.2 Å². The van der Waals surface area contributed by atoms with Gasteiger partial charge in [-0.15, -0.1) is 0 Å². The summed E-state index contributed by atoms with van der Waals surface area (Å²) in [5.74, 6) is 0.370. The number of rotatable bonds is 5. The number of methoxy groups -OCH3 is 1. The van der Waals surface area contributed by atoms with Crippen molar-refractivity contribution in [2.75, 3.05) is 7.11 Å². The van der Waals surface area contributed by atoms with Gasteiger partial charge in [0.15, 0.2) is 5.65 Å². The summed E-state index contributed by atoms with van der Waals surface area (Å²) in [4.78, 5) is 16.9. The van der Waals surface area contributed by atoms with E-state index in [4.69, 9.17) is 9.47 Å². The SMILES string of the molecule is CO[C@@H]1CCC[C@H]1OC(=O)c1cnc2c(cnn2[C@H](C)C2CC2)c1. The van der Waals surface area contributed by atoms with E-state index >= 15 is 0 Å². The van der Waals surface area contributed by atoms with Crippen molar-refractivity contribution in [3.05, 3.63) is 24.0 Å². The molecule has 24 heavy (non-hydrogen) atoms. The lowest BCUT2D eigenvalue weighted by Crippen LogP contribution is -2.27. The molecule has 4 rings (SSSR count). The summed E-state index contributed by atoms with van der Waals surface area (Å²) >= 11 is 0. The van der Waals surface area contributed by atoms with Crippen molar-refractivity contribution in [3.8, 4) is 0 Å². The van der Waals surface area contributed by atoms with Crippen molar-refractivity contribution in [3.63, 3.8) is 0 Å². The normalized spacial score (nSPS) is 25.1. The average Bonchev–Trinajstić information content (AvgIpc) is 3.21. The summed E-state index contributed by atoms with van der Waals surface area (Å²) < 4.78 is 13.0. The number of hydrogen-bond donors (Lipinski definition) is 0. The number of fused-ring (bicyclic) bond motifs is 1. The molecule has 2 heterocycles. The molecule has 2 aliphatic rings. The summed E-state index contributed by atoms with van der Waals surface area (Å²) in [6.45, 7) is 2.18. The Morgan fingerprint density at radius 1 is 1.25 bits per heavy atom. The average molecular weight is 329 g/mol. The first-order chi connectivity index (χ1) is 11.7. The summed E-state index contributed by atoms with van der Waals surface area (Å²) in [6.07, 6.45) is 8.58. The molecule has 2 fully saturated rings. The Morgan fingerprint density at radius 2 is 2.04 bits per heavy atom. The fourth-order valence-electron chi connectivity index (χ4n) is 3.63. The summed E-state index contributed by atoms with van der Waals surface area (Å²) in [5, 5.41) is 5.35. The molecule has 128 valence electrons. The molecule has 0 saturated heterocycles. The minimum Gasteiger partial charge on any atom is -0.456 e. The molecule has 0 radical (unpaired) electrons. The number of ether oxygens (including phenoxy) is 2. The van der Waals surface area contributed by atoms with Gasteiger partial charge in [0.05, 0.1) is 23.9 Å². The molecule has 3 atom stereocenters. The van der Waals surface area contributed by atoms with Crippen LogP contribution in [0.4, 0.5) is 0 Å². The van der Waals surface area contributed by atoms with Gasteiger partial charge < -0.3 is 9.47 Å². The van der Waals surface area contributed by atoms with Gasteiger partial charge in [-0.3, -0.25) is 0 Å². The Bertz CT molecular complexity index is 753. The molecule has 0 N–H and O–H groups in total. The maximum Gasteiger partial charge on any atom is 0.340 e. The molecule has 2 saturated carbocycles. The van der Waals surface area contributed by atoms with Crippen LogP contribution in [0.1, 0.15) is 55.4 Å². The maximum atomic E-state index is 12.4. The smallest absolute Gasteiger partial charge is 0.340 e. The molecule has 0 aliphatic heterocycles. The predicted octanol–water partition coefficient (Wildman–Crippen LogP) is 3.13. The number of carbonyl (C=O) groups excluding carboxylic acids is 1. The van der Waals surface area contributed by atoms with E-state index in [1.807, 2.05) is 10.7 Å². The Balaban J connectivity index is 1.53. The zero-order chi connectivity index (χ0) is 16.7. The first-order valence-corrected chi connectivity index (χ1v) is 8.74. The second-order valence-corrected chi connectivity index (χ2v) is 6.95. The van der Waals surface area contributed by atoms with Crippen LogP contribution in [-0.4, -0.2) is 40.1 Å². The molecule has 0 bridgehead atoms. The molecule has 0 amide bonds. The first kappa shape index (κ1) is 15.6. The zero-order valence-corrected chi connectivity index (χ0v) is 14.1. The summed E-state index contributed by atoms with van der Waals surface area (Å²) in [7, 11) is 1.67. The van der Waals surface area contributed by atoms with Gasteiger partial charge in [-0.2, -0.15) is 5.10 Å². The maximum absolute atomic E-state index is 12.4. The van der Waals surface area contributed by atoms with Crippen LogP contribution in [0.2, 0.25) is 0 Å². The molecule has 6 heteroatoms. The largest absolute Gasteiger partial charge is 0.456 e. The van der Waals surface area contributed by atoms with E-state index < -0.39 is 0 Å². The Kier molecular flexibility index (Phi) is 4.00. The summed E-state index contributed by atoms with van der Waals surface area (Å²) in [6, 6.07) is 2.18. The number of nitrogens with zero attached hydrogens (tertiary/aromatic N) is 3. The van der Waals surface area contributed by atoms with Crippen molar-refractivity contribution < 1.29 is 14.3 Å². The van der Waals surface area contributed by atoms with Gasteiger partial charge in [0.2, 0.25) is 0 Å². The van der Waals surface area contributed by atoms with Crippen molar-refractivity contribution in [2.45, 2.75) is 57.3 Å². The van der Waals surface area contributed by atoms with Crippen molar-refractivity contribution >= 4 is 17.0 Å². The lowest BCUT2D eigenvalue weighted by molar-refractivity contribution is -0.0206. The third kappa shape index (κ3) is 2.79. The van der Waals surface area contributed by atoms with E-state index in [1.165, 1.54) is 12.8 Å². The van der Waals surface area contributed by atoms with Crippen LogP contribution in [0.5, 0.6) is 0 Å². The quantitative estimate of drug-likeness (QED) is 0.789. The van der Waals surface area contributed by atoms with Crippen LogP contribution in [0, 0.1) is 5.92 Å². The van der Waals surface area contributed by atoms with Crippen LogP contribution < -0.4 is 0 Å². The van der Waals surface area contributed by atoms with Crippen molar-refractivity contribution in [1.82, 2.24) is 14.8 Å². The molecule has 0 unspecified atom stereocenters. The van der Waals surface area contributed by atoms with Crippen LogP contribution in [0.15, 0.2) is 18.5 Å². The highest BCUT2D eigenvalue weighted by Gasteiger charge is 2.32. The minimum absolute atomic E-state index is 0.00721. The summed E-state index contributed by atoms with van der Waals surface area (Å²) in [5.41, 5.74) is 1.31. The first-order valence-electron chi connectivity index (χ1n) is 8.74. The number of carbonyl (C=O) groups is 1. The fourth-order valence-corrected chi connectivity index (χ4v) is 3.63. The molecule has 0 aromatic carbocycles. The van der Waals surface area contributed by atoms with Crippen molar-refractivity contribution in [1.29, 1.82) is 0 Å². The van der Waals surface area contributed by atoms with Gasteiger partial charge in [0.1, 0.15) is 6.10 Å². The van der Waals surface area contributed by atoms with Gasteiger partial charge in [0, 0.05) is 18.7 Å². The molecule has 2 aromatic heterocycles. The third-order valence-corrected chi connectivity index (χ3v) is 5.31. The van der Waals surface area contributed by atoms with Gasteiger partial charge in [0.25, 0.3) is 0 Å². The van der Waals surface area contributed by atoms with E-state index in [0.717, 1.165) is 30.3 Å². The van der Waals surface area contributed by atoms with Crippen LogP contribution >= 0.6 is 0 Å². The standard InChI is InChI=1S/C18H23N3O3/c1-11(12-6-7-12)21-17-13(10-20-21)8-14(9-19-17)18(22)24-16-5-3-4-15(16)23-2/h8-12,15-16H,3-7H2,1-2H3/t11-,15-,16-/m1/s1. The molecular formula is C18H23N3O3. The van der Waals surface area contributed by atoms with Crippen LogP contribution in [0.25, 0.3) is 11.0 Å². The van der Waals surface area contributed by atoms with Gasteiger partial charge in [-0.05, 0) is 51.0 Å². The highest BCUT2D eigenvalue weighted by Crippen LogP contribution is 2.40. The Morgan fingerprint density at radius 3 is 2.79 bits per heavy atom. The highest BCUT2D eigenvalue weighted by atomic mass is 16.6. The predicted molar refractivity (Wildman–Crippen MR) is 88.8 cm³/mol. The monoisotopic (exact) mass is 329 g/mol. The highest BCUT2D eigenvalue weighted by molar-refractivity contribution is 5.93. The van der Waals surface area contributed by atoms with E-state index in [1.54, 1.807) is 19.5 Å². The molecule has 0 spiro atoms. The molecule has 6 nitrogen and oxygen atoms in total. The van der Waals surface area contributed by atoms with E-state index in [-0.39, 0.29) is 18.2 Å². The number of hydrogen-bond acceptors (Lipinski definition) is 5. The second kappa shape index (κ2) is 6.16. The fraction of sp³-hybridized carbons (Fsp3) is 0.611. The molecular weight excluding hydrogens is 306 g/mol. The number of aromatic nitrogens is 3. The molecule has 2 aliphatic carbocycles. The third-order valence-electron chi connectivity index (χ3n) is 5.31. The minimum atomic E-state index is -0.332. The van der Waals surface area contributed by atoms with Crippen LogP contribution in [-0.2, 0) is 9.47 Å². The zero-order valence-electron chi connectivity index (χ0n) is 14.1. The van der Waals surface area contributed by atoms with Gasteiger partial charge in [-0.25, -0.2) is 14.5 Å². The Hall–Kier alpha value is -1.95. The van der Waals surface area contributed by atoms with E-state index in [9.17, 15) is 4.79 Å². The number of esters is 1.